The van der Waals surface area contributed by atoms with Crippen molar-refractivity contribution in [2.75, 3.05) is 13.6 Å². The van der Waals surface area contributed by atoms with Crippen LogP contribution in [0.3, 0.4) is 0 Å². The molecule has 2 rings (SSSR count). The molecule has 0 unspecified atom stereocenters. The number of likely N-dealkylation sites (N-methyl/N-ethyl adjacent to an activating group) is 1. The van der Waals surface area contributed by atoms with Crippen LogP contribution in [0, 0.1) is 6.92 Å². The van der Waals surface area contributed by atoms with Crippen LogP contribution < -0.4 is 0 Å². The number of hydrogen-bond donors (Lipinski definition) is 1. The van der Waals surface area contributed by atoms with E-state index in [9.17, 15) is 9.59 Å². The Bertz CT molecular complexity index is 631. The monoisotopic (exact) mass is 260 g/mol. The smallest absolute Gasteiger partial charge is 0.323 e. The van der Waals surface area contributed by atoms with Gasteiger partial charge in [0.1, 0.15) is 13.1 Å². The lowest BCUT2D eigenvalue weighted by molar-refractivity contribution is -0.143. The van der Waals surface area contributed by atoms with Crippen molar-refractivity contribution in [3.8, 4) is 0 Å². The Morgan fingerprint density at radius 2 is 2.00 bits per heavy atom. The first kappa shape index (κ1) is 13.1. The number of hydrogen-bond acceptors (Lipinski definition) is 2. The van der Waals surface area contributed by atoms with Gasteiger partial charge in [-0.15, -0.1) is 0 Å². The van der Waals surface area contributed by atoms with Crippen molar-refractivity contribution >= 4 is 22.8 Å². The summed E-state index contributed by atoms with van der Waals surface area (Å²) in [5, 5.41) is 9.76. The number of aryl methyl sites for hydroxylation is 1. The van der Waals surface area contributed by atoms with E-state index in [0.29, 0.717) is 0 Å². The number of carboxylic acid groups (broad SMARTS) is 1. The molecular formula is C14H16N2O3. The quantitative estimate of drug-likeness (QED) is 0.906. The van der Waals surface area contributed by atoms with Crippen molar-refractivity contribution in [3.63, 3.8) is 0 Å². The Hall–Kier alpha value is -2.30. The van der Waals surface area contributed by atoms with E-state index in [1.54, 1.807) is 0 Å². The standard InChI is InChI=1S/C14H16N2O3/c1-10-7-11-5-3-4-6-12(11)16(10)8-13(17)15(2)9-14(18)19/h3-7H,8-9H2,1-2H3,(H,18,19). The third kappa shape index (κ3) is 2.76. The van der Waals surface area contributed by atoms with Gasteiger partial charge in [-0.2, -0.15) is 0 Å². The van der Waals surface area contributed by atoms with Crippen LogP contribution >= 0.6 is 0 Å². The van der Waals surface area contributed by atoms with Crippen molar-refractivity contribution < 1.29 is 14.7 Å². The van der Waals surface area contributed by atoms with Crippen LogP contribution in [-0.4, -0.2) is 40.0 Å². The molecule has 0 saturated heterocycles. The fraction of sp³-hybridized carbons (Fsp3) is 0.286. The van der Waals surface area contributed by atoms with Gasteiger partial charge in [0, 0.05) is 18.3 Å². The summed E-state index contributed by atoms with van der Waals surface area (Å²) in [5.41, 5.74) is 1.97. The Morgan fingerprint density at radius 3 is 2.68 bits per heavy atom. The highest BCUT2D eigenvalue weighted by atomic mass is 16.4. The summed E-state index contributed by atoms with van der Waals surface area (Å²) in [4.78, 5) is 23.8. The summed E-state index contributed by atoms with van der Waals surface area (Å²) >= 11 is 0. The van der Waals surface area contributed by atoms with E-state index in [-0.39, 0.29) is 19.0 Å². The van der Waals surface area contributed by atoms with Crippen LogP contribution in [-0.2, 0) is 16.1 Å². The highest BCUT2D eigenvalue weighted by Gasteiger charge is 2.14. The Labute approximate surface area is 111 Å². The number of carbonyl (C=O) groups is 2. The molecule has 1 N–H and O–H groups in total. The molecule has 0 bridgehead atoms. The summed E-state index contributed by atoms with van der Waals surface area (Å²) in [7, 11) is 1.50. The molecule has 19 heavy (non-hydrogen) atoms. The van der Waals surface area contributed by atoms with Gasteiger partial charge in [0.25, 0.3) is 0 Å². The summed E-state index contributed by atoms with van der Waals surface area (Å²) in [5.74, 6) is -1.23. The van der Waals surface area contributed by atoms with E-state index in [4.69, 9.17) is 5.11 Å². The zero-order chi connectivity index (χ0) is 14.0. The molecule has 100 valence electrons. The second-order valence-corrected chi connectivity index (χ2v) is 4.57. The van der Waals surface area contributed by atoms with Gasteiger partial charge in [-0.05, 0) is 24.4 Å². The molecule has 0 aliphatic heterocycles. The van der Waals surface area contributed by atoms with Gasteiger partial charge in [-0.3, -0.25) is 9.59 Å². The van der Waals surface area contributed by atoms with Gasteiger partial charge in [-0.1, -0.05) is 18.2 Å². The fourth-order valence-corrected chi connectivity index (χ4v) is 2.11. The molecule has 5 nitrogen and oxygen atoms in total. The number of aliphatic carboxylic acids is 1. The van der Waals surface area contributed by atoms with E-state index in [1.807, 2.05) is 41.8 Å². The fourth-order valence-electron chi connectivity index (χ4n) is 2.11. The van der Waals surface area contributed by atoms with Crippen LogP contribution in [0.4, 0.5) is 0 Å². The van der Waals surface area contributed by atoms with Gasteiger partial charge >= 0.3 is 5.97 Å². The molecule has 0 atom stereocenters. The molecule has 0 saturated carbocycles. The summed E-state index contributed by atoms with van der Waals surface area (Å²) in [6.45, 7) is 1.81. The first-order valence-corrected chi connectivity index (χ1v) is 5.99. The molecule has 1 amide bonds. The zero-order valence-electron chi connectivity index (χ0n) is 11.0. The summed E-state index contributed by atoms with van der Waals surface area (Å²) < 4.78 is 1.90. The van der Waals surface area contributed by atoms with Crippen LogP contribution in [0.2, 0.25) is 0 Å². The average Bonchev–Trinajstić information content (AvgIpc) is 2.65. The number of para-hydroxylation sites is 1. The average molecular weight is 260 g/mol. The lowest BCUT2D eigenvalue weighted by Crippen LogP contribution is -2.34. The molecule has 1 aromatic heterocycles. The minimum absolute atomic E-state index is 0.156. The maximum Gasteiger partial charge on any atom is 0.323 e. The molecule has 0 fully saturated rings. The largest absolute Gasteiger partial charge is 0.480 e. The molecule has 1 heterocycles. The van der Waals surface area contributed by atoms with Crippen LogP contribution in [0.15, 0.2) is 30.3 Å². The molecule has 0 spiro atoms. The van der Waals surface area contributed by atoms with E-state index in [1.165, 1.54) is 11.9 Å². The van der Waals surface area contributed by atoms with E-state index in [0.717, 1.165) is 16.6 Å². The molecule has 5 heteroatoms. The Balaban J connectivity index is 2.24. The number of carboxylic acids is 1. The summed E-state index contributed by atoms with van der Waals surface area (Å²) in [6, 6.07) is 9.82. The van der Waals surface area contributed by atoms with Gasteiger partial charge in [0.15, 0.2) is 0 Å². The highest BCUT2D eigenvalue weighted by molar-refractivity contribution is 5.85. The predicted molar refractivity (Wildman–Crippen MR) is 71.9 cm³/mol. The molecule has 2 aromatic rings. The molecule has 0 aliphatic carbocycles. The van der Waals surface area contributed by atoms with Gasteiger partial charge in [0.2, 0.25) is 5.91 Å². The van der Waals surface area contributed by atoms with Crippen molar-refractivity contribution in [1.82, 2.24) is 9.47 Å². The van der Waals surface area contributed by atoms with Gasteiger partial charge in [0.05, 0.1) is 0 Å². The second-order valence-electron chi connectivity index (χ2n) is 4.57. The van der Waals surface area contributed by atoms with Crippen molar-refractivity contribution in [1.29, 1.82) is 0 Å². The number of amides is 1. The van der Waals surface area contributed by atoms with Crippen LogP contribution in [0.25, 0.3) is 10.9 Å². The molecule has 1 aromatic carbocycles. The minimum atomic E-state index is -1.01. The number of fused-ring (bicyclic) bond motifs is 1. The van der Waals surface area contributed by atoms with Crippen molar-refractivity contribution in [3.05, 3.63) is 36.0 Å². The first-order chi connectivity index (χ1) is 8.99. The van der Waals surface area contributed by atoms with Crippen molar-refractivity contribution in [2.24, 2.45) is 0 Å². The van der Waals surface area contributed by atoms with Gasteiger partial charge in [-0.25, -0.2) is 0 Å². The Morgan fingerprint density at radius 1 is 1.32 bits per heavy atom. The first-order valence-electron chi connectivity index (χ1n) is 5.99. The van der Waals surface area contributed by atoms with Gasteiger partial charge < -0.3 is 14.6 Å². The molecule has 0 aliphatic rings. The number of benzene rings is 1. The predicted octanol–water partition coefficient (Wildman–Crippen LogP) is 1.49. The number of rotatable bonds is 4. The van der Waals surface area contributed by atoms with E-state index < -0.39 is 5.97 Å². The van der Waals surface area contributed by atoms with E-state index in [2.05, 4.69) is 0 Å². The second kappa shape index (κ2) is 5.14. The topological polar surface area (TPSA) is 62.5 Å². The maximum atomic E-state index is 12.0. The summed E-state index contributed by atoms with van der Waals surface area (Å²) in [6.07, 6.45) is 0. The lowest BCUT2D eigenvalue weighted by atomic mass is 10.2. The third-order valence-corrected chi connectivity index (χ3v) is 3.11. The minimum Gasteiger partial charge on any atom is -0.480 e. The lowest BCUT2D eigenvalue weighted by Gasteiger charge is -2.16. The number of carbonyl (C=O) groups excluding carboxylic acids is 1. The maximum absolute atomic E-state index is 12.0. The van der Waals surface area contributed by atoms with Crippen LogP contribution in [0.5, 0.6) is 0 Å². The SMILES string of the molecule is Cc1cc2ccccc2n1CC(=O)N(C)CC(=O)O. The van der Waals surface area contributed by atoms with E-state index >= 15 is 0 Å². The number of nitrogens with zero attached hydrogens (tertiary/aromatic N) is 2. The highest BCUT2D eigenvalue weighted by Crippen LogP contribution is 2.19. The van der Waals surface area contributed by atoms with Crippen molar-refractivity contribution in [2.45, 2.75) is 13.5 Å². The molecule has 0 radical (unpaired) electrons. The van der Waals surface area contributed by atoms with Crippen LogP contribution in [0.1, 0.15) is 5.69 Å². The number of aromatic nitrogens is 1. The third-order valence-electron chi connectivity index (χ3n) is 3.11. The molecular weight excluding hydrogens is 244 g/mol. The Kier molecular flexibility index (Phi) is 3.55. The zero-order valence-corrected chi connectivity index (χ0v) is 11.0. The normalized spacial score (nSPS) is 10.6.